The predicted octanol–water partition coefficient (Wildman–Crippen LogP) is 3.41. The summed E-state index contributed by atoms with van der Waals surface area (Å²) in [5, 5.41) is 1.11. The molecule has 5 nitrogen and oxygen atoms in total. The van der Waals surface area contributed by atoms with Crippen LogP contribution in [-0.2, 0) is 0 Å². The van der Waals surface area contributed by atoms with Crippen molar-refractivity contribution >= 4 is 22.4 Å². The molecule has 26 heavy (non-hydrogen) atoms. The van der Waals surface area contributed by atoms with E-state index in [2.05, 4.69) is 32.8 Å². The Morgan fingerprint density at radius 2 is 1.77 bits per heavy atom. The van der Waals surface area contributed by atoms with Crippen molar-refractivity contribution in [2.24, 2.45) is 0 Å². The maximum atomic E-state index is 14.0. The zero-order chi connectivity index (χ0) is 18.1. The molecule has 1 aromatic heterocycles. The Balaban J connectivity index is 1.55. The zero-order valence-corrected chi connectivity index (χ0v) is 14.9. The van der Waals surface area contributed by atoms with Crippen LogP contribution in [0.25, 0.3) is 10.9 Å². The largest absolute Gasteiger partial charge is 0.494 e. The quantitative estimate of drug-likeness (QED) is 0.723. The molecule has 1 saturated heterocycles. The van der Waals surface area contributed by atoms with Gasteiger partial charge in [0.25, 0.3) is 0 Å². The number of hydrogen-bond acceptors (Lipinski definition) is 5. The smallest absolute Gasteiger partial charge is 0.167 e. The fourth-order valence-corrected chi connectivity index (χ4v) is 3.53. The Morgan fingerprint density at radius 1 is 1.00 bits per heavy atom. The Labute approximate surface area is 152 Å². The normalized spacial score (nSPS) is 14.7. The predicted molar refractivity (Wildman–Crippen MR) is 102 cm³/mol. The van der Waals surface area contributed by atoms with E-state index in [0.29, 0.717) is 0 Å². The van der Waals surface area contributed by atoms with Crippen LogP contribution in [0.2, 0.25) is 0 Å². The fraction of sp³-hybridized carbons (Fsp3) is 0.300. The van der Waals surface area contributed by atoms with Crippen molar-refractivity contribution in [2.45, 2.75) is 6.92 Å². The van der Waals surface area contributed by atoms with Crippen molar-refractivity contribution in [2.75, 3.05) is 43.1 Å². The van der Waals surface area contributed by atoms with Gasteiger partial charge < -0.3 is 14.5 Å². The lowest BCUT2D eigenvalue weighted by molar-refractivity contribution is 0.386. The number of ether oxygens (including phenoxy) is 1. The fourth-order valence-electron chi connectivity index (χ4n) is 3.53. The minimum Gasteiger partial charge on any atom is -0.494 e. The van der Waals surface area contributed by atoms with Crippen molar-refractivity contribution in [3.05, 3.63) is 54.1 Å². The third-order valence-corrected chi connectivity index (χ3v) is 4.93. The van der Waals surface area contributed by atoms with Gasteiger partial charge in [-0.25, -0.2) is 14.4 Å². The molecule has 2 heterocycles. The molecule has 0 atom stereocenters. The number of halogens is 1. The molecule has 4 rings (SSSR count). The van der Waals surface area contributed by atoms with Gasteiger partial charge in [-0.05, 0) is 30.7 Å². The molecule has 0 radical (unpaired) electrons. The molecule has 1 fully saturated rings. The number of rotatable bonds is 3. The first-order chi connectivity index (χ1) is 12.7. The summed E-state index contributed by atoms with van der Waals surface area (Å²) in [6.45, 7) is 5.36. The van der Waals surface area contributed by atoms with Crippen LogP contribution in [0.3, 0.4) is 0 Å². The van der Waals surface area contributed by atoms with Gasteiger partial charge in [-0.15, -0.1) is 0 Å². The minimum absolute atomic E-state index is 0.273. The van der Waals surface area contributed by atoms with Gasteiger partial charge in [0, 0.05) is 43.3 Å². The van der Waals surface area contributed by atoms with Crippen LogP contribution in [0, 0.1) is 12.7 Å². The first kappa shape index (κ1) is 16.6. The number of fused-ring (bicyclic) bond motifs is 1. The number of hydrogen-bond donors (Lipinski definition) is 0. The van der Waals surface area contributed by atoms with Gasteiger partial charge in [0.1, 0.15) is 12.1 Å². The number of piperazine rings is 1. The van der Waals surface area contributed by atoms with Gasteiger partial charge in [0.15, 0.2) is 11.6 Å². The second kappa shape index (κ2) is 6.78. The average Bonchev–Trinajstić information content (AvgIpc) is 2.68. The molecule has 3 aromatic rings. The second-order valence-corrected chi connectivity index (χ2v) is 6.46. The van der Waals surface area contributed by atoms with Crippen LogP contribution in [0.1, 0.15) is 5.56 Å². The lowest BCUT2D eigenvalue weighted by atomic mass is 10.1. The summed E-state index contributed by atoms with van der Waals surface area (Å²) in [7, 11) is 1.48. The van der Waals surface area contributed by atoms with Crippen LogP contribution >= 0.6 is 0 Å². The topological polar surface area (TPSA) is 41.5 Å². The van der Waals surface area contributed by atoms with Gasteiger partial charge >= 0.3 is 0 Å². The molecule has 0 saturated carbocycles. The number of anilines is 2. The third kappa shape index (κ3) is 2.92. The summed E-state index contributed by atoms with van der Waals surface area (Å²) in [6.07, 6.45) is 1.63. The van der Waals surface area contributed by atoms with E-state index in [9.17, 15) is 4.39 Å². The molecule has 1 aliphatic heterocycles. The Hall–Kier alpha value is -2.89. The molecule has 0 amide bonds. The minimum atomic E-state index is -0.329. The van der Waals surface area contributed by atoms with E-state index in [4.69, 9.17) is 4.74 Å². The monoisotopic (exact) mass is 352 g/mol. The molecule has 0 spiro atoms. The van der Waals surface area contributed by atoms with E-state index in [1.165, 1.54) is 12.7 Å². The van der Waals surface area contributed by atoms with Crippen LogP contribution in [0.5, 0.6) is 5.75 Å². The summed E-state index contributed by atoms with van der Waals surface area (Å²) < 4.78 is 19.0. The number of benzene rings is 2. The van der Waals surface area contributed by atoms with Crippen LogP contribution in [0.4, 0.5) is 15.9 Å². The van der Waals surface area contributed by atoms with Crippen molar-refractivity contribution in [3.63, 3.8) is 0 Å². The van der Waals surface area contributed by atoms with E-state index >= 15 is 0 Å². The lowest BCUT2D eigenvalue weighted by Gasteiger charge is -2.37. The highest BCUT2D eigenvalue weighted by Crippen LogP contribution is 2.29. The van der Waals surface area contributed by atoms with Gasteiger partial charge in [0.2, 0.25) is 0 Å². The Bertz CT molecular complexity index is 933. The molecular formula is C20H21FN4O. The standard InChI is InChI=1S/C20H21FN4O/c1-14-4-3-5-17-19(14)20(23-13-22-17)25-10-8-24(9-11-25)15-6-7-18(26-2)16(21)12-15/h3-7,12-13H,8-11H2,1-2H3. The summed E-state index contributed by atoms with van der Waals surface area (Å²) in [5.74, 6) is 0.925. The zero-order valence-electron chi connectivity index (χ0n) is 14.9. The van der Waals surface area contributed by atoms with Crippen LogP contribution in [-0.4, -0.2) is 43.3 Å². The van der Waals surface area contributed by atoms with E-state index in [1.807, 2.05) is 18.2 Å². The molecule has 134 valence electrons. The van der Waals surface area contributed by atoms with Crippen molar-refractivity contribution in [1.82, 2.24) is 9.97 Å². The number of nitrogens with zero attached hydrogens (tertiary/aromatic N) is 4. The lowest BCUT2D eigenvalue weighted by Crippen LogP contribution is -2.47. The maximum absolute atomic E-state index is 14.0. The highest BCUT2D eigenvalue weighted by atomic mass is 19.1. The molecule has 1 aliphatic rings. The molecule has 6 heteroatoms. The van der Waals surface area contributed by atoms with E-state index in [0.717, 1.165) is 48.6 Å². The Morgan fingerprint density at radius 3 is 2.50 bits per heavy atom. The van der Waals surface area contributed by atoms with E-state index in [-0.39, 0.29) is 11.6 Å². The molecule has 0 N–H and O–H groups in total. The molecule has 0 unspecified atom stereocenters. The van der Waals surface area contributed by atoms with E-state index in [1.54, 1.807) is 18.5 Å². The van der Waals surface area contributed by atoms with Crippen LogP contribution < -0.4 is 14.5 Å². The SMILES string of the molecule is COc1ccc(N2CCN(c3ncnc4cccc(C)c34)CC2)cc1F. The highest BCUT2D eigenvalue weighted by molar-refractivity contribution is 5.92. The maximum Gasteiger partial charge on any atom is 0.167 e. The highest BCUT2D eigenvalue weighted by Gasteiger charge is 2.21. The summed E-state index contributed by atoms with van der Waals surface area (Å²) >= 11 is 0. The summed E-state index contributed by atoms with van der Waals surface area (Å²) in [4.78, 5) is 13.4. The summed E-state index contributed by atoms with van der Waals surface area (Å²) in [5.41, 5.74) is 3.03. The van der Waals surface area contributed by atoms with E-state index < -0.39 is 0 Å². The van der Waals surface area contributed by atoms with Crippen molar-refractivity contribution in [3.8, 4) is 5.75 Å². The summed E-state index contributed by atoms with van der Waals surface area (Å²) in [6, 6.07) is 11.2. The van der Waals surface area contributed by atoms with Gasteiger partial charge in [-0.2, -0.15) is 0 Å². The van der Waals surface area contributed by atoms with Gasteiger partial charge in [0.05, 0.1) is 12.6 Å². The molecule has 2 aromatic carbocycles. The molecular weight excluding hydrogens is 331 g/mol. The van der Waals surface area contributed by atoms with Crippen LogP contribution in [0.15, 0.2) is 42.7 Å². The number of aromatic nitrogens is 2. The van der Waals surface area contributed by atoms with Crippen molar-refractivity contribution in [1.29, 1.82) is 0 Å². The van der Waals surface area contributed by atoms with Gasteiger partial charge in [-0.3, -0.25) is 0 Å². The average molecular weight is 352 g/mol. The van der Waals surface area contributed by atoms with Gasteiger partial charge in [-0.1, -0.05) is 12.1 Å². The second-order valence-electron chi connectivity index (χ2n) is 6.46. The third-order valence-electron chi connectivity index (χ3n) is 4.93. The van der Waals surface area contributed by atoms with Crippen molar-refractivity contribution < 1.29 is 9.13 Å². The number of aryl methyl sites for hydroxylation is 1. The first-order valence-electron chi connectivity index (χ1n) is 8.71. The molecule has 0 bridgehead atoms. The molecule has 0 aliphatic carbocycles. The first-order valence-corrected chi connectivity index (χ1v) is 8.71. The number of methoxy groups -OCH3 is 1. The Kier molecular flexibility index (Phi) is 4.32.